The monoisotopic (exact) mass is 533 g/mol. The van der Waals surface area contributed by atoms with Gasteiger partial charge in [0.25, 0.3) is 0 Å². The summed E-state index contributed by atoms with van der Waals surface area (Å²) in [5.74, 6) is 0. The lowest BCUT2D eigenvalue weighted by atomic mass is 9.66. The van der Waals surface area contributed by atoms with E-state index in [-0.39, 0.29) is 0 Å². The predicted octanol–water partition coefficient (Wildman–Crippen LogP) is 7.65. The fourth-order valence-electron chi connectivity index (χ4n) is 5.86. The Hall–Kier alpha value is -4.64. The minimum atomic E-state index is -1.52. The van der Waals surface area contributed by atoms with Crippen LogP contribution in [-0.4, -0.2) is 24.2 Å². The molecule has 2 N–H and O–H groups in total. The van der Waals surface area contributed by atoms with E-state index in [0.29, 0.717) is 5.46 Å². The molecule has 0 aromatic heterocycles. The zero-order valence-electron chi connectivity index (χ0n) is 23.3. The Balaban J connectivity index is 1.47. The fraction of sp³-hybridized carbons (Fsp3) is 0.0811. The molecule has 1 aliphatic rings. The summed E-state index contributed by atoms with van der Waals surface area (Å²) in [5.41, 5.74) is 12.8. The van der Waals surface area contributed by atoms with E-state index in [4.69, 9.17) is 0 Å². The summed E-state index contributed by atoms with van der Waals surface area (Å²) < 4.78 is 0. The summed E-state index contributed by atoms with van der Waals surface area (Å²) in [6.07, 6.45) is 7.30. The van der Waals surface area contributed by atoms with Crippen LogP contribution in [0.1, 0.15) is 18.1 Å². The number of allylic oxidation sites excluding steroid dienone is 4. The maximum Gasteiger partial charge on any atom is 0.489 e. The Labute approximate surface area is 242 Å². The molecule has 3 nitrogen and oxygen atoms in total. The normalized spacial score (nSPS) is 12.0. The largest absolute Gasteiger partial charge is 0.489 e. The van der Waals surface area contributed by atoms with Crippen LogP contribution in [0.15, 0.2) is 133 Å². The molecule has 0 saturated carbocycles. The third-order valence-corrected chi connectivity index (χ3v) is 7.87. The van der Waals surface area contributed by atoms with Crippen LogP contribution >= 0.6 is 0 Å². The van der Waals surface area contributed by atoms with Gasteiger partial charge in [-0.25, -0.2) is 0 Å². The first-order chi connectivity index (χ1) is 20.1. The average molecular weight is 533 g/mol. The number of hydrogen-bond donors (Lipinski definition) is 2. The number of anilines is 2. The van der Waals surface area contributed by atoms with Gasteiger partial charge >= 0.3 is 7.12 Å². The van der Waals surface area contributed by atoms with Gasteiger partial charge in [0.2, 0.25) is 0 Å². The van der Waals surface area contributed by atoms with Gasteiger partial charge in [0.05, 0.1) is 0 Å². The molecule has 0 aliphatic heterocycles. The van der Waals surface area contributed by atoms with Crippen LogP contribution in [0.2, 0.25) is 0 Å². The Morgan fingerprint density at radius 1 is 0.732 bits per heavy atom. The van der Waals surface area contributed by atoms with Crippen LogP contribution in [0.5, 0.6) is 0 Å². The van der Waals surface area contributed by atoms with Crippen molar-refractivity contribution in [3.8, 4) is 33.4 Å². The number of benzene rings is 5. The van der Waals surface area contributed by atoms with E-state index in [1.54, 1.807) is 6.07 Å². The molecule has 0 bridgehead atoms. The second kappa shape index (κ2) is 11.5. The SMILES string of the molecule is C/C=C\C(=C/Cc1cc(-c2cccc3c2-c2c(B(O)O)cccc2-3)ccc1N(C)c1ccccc1)c1ccccc1. The van der Waals surface area contributed by atoms with E-state index in [9.17, 15) is 10.0 Å². The number of hydrogen-bond acceptors (Lipinski definition) is 3. The molecule has 41 heavy (non-hydrogen) atoms. The second-order valence-electron chi connectivity index (χ2n) is 10.3. The van der Waals surface area contributed by atoms with E-state index < -0.39 is 7.12 Å². The van der Waals surface area contributed by atoms with Crippen molar-refractivity contribution in [1.29, 1.82) is 0 Å². The van der Waals surface area contributed by atoms with Gasteiger partial charge in [0.1, 0.15) is 0 Å². The van der Waals surface area contributed by atoms with Gasteiger partial charge in [0.15, 0.2) is 0 Å². The number of para-hydroxylation sites is 1. The maximum atomic E-state index is 10.1. The molecule has 6 rings (SSSR count). The Bertz CT molecular complexity index is 1760. The van der Waals surface area contributed by atoms with Crippen LogP contribution in [0.3, 0.4) is 0 Å². The molecule has 0 atom stereocenters. The topological polar surface area (TPSA) is 43.7 Å². The summed E-state index contributed by atoms with van der Waals surface area (Å²) in [6, 6.07) is 39.6. The quantitative estimate of drug-likeness (QED) is 0.156. The van der Waals surface area contributed by atoms with E-state index in [1.165, 1.54) is 16.7 Å². The smallest absolute Gasteiger partial charge is 0.423 e. The van der Waals surface area contributed by atoms with Gasteiger partial charge in [-0.2, -0.15) is 0 Å². The van der Waals surface area contributed by atoms with Crippen molar-refractivity contribution in [3.63, 3.8) is 0 Å². The average Bonchev–Trinajstić information content (AvgIpc) is 3.01. The highest BCUT2D eigenvalue weighted by atomic mass is 16.4. The summed E-state index contributed by atoms with van der Waals surface area (Å²) in [7, 11) is 0.596. The summed E-state index contributed by atoms with van der Waals surface area (Å²) in [4.78, 5) is 2.24. The molecule has 200 valence electrons. The molecule has 0 unspecified atom stereocenters. The standard InChI is InChI=1S/C37H32BNO2/c1-3-12-26(27-13-6-4-7-14-27)21-22-29-25-28(23-24-35(29)39(2)30-15-8-5-9-16-30)31-17-10-18-32-33-19-11-20-34(38(40)41)37(33)36(31)32/h3-21,23-25,40-41H,22H2,1-2H3/b12-3-,26-21+. The van der Waals surface area contributed by atoms with Gasteiger partial charge in [0, 0.05) is 18.4 Å². The number of nitrogens with zero attached hydrogens (tertiary/aromatic N) is 1. The zero-order chi connectivity index (χ0) is 28.3. The lowest BCUT2D eigenvalue weighted by Gasteiger charge is -2.30. The maximum absolute atomic E-state index is 10.1. The van der Waals surface area contributed by atoms with Crippen molar-refractivity contribution < 1.29 is 10.0 Å². The van der Waals surface area contributed by atoms with Crippen LogP contribution < -0.4 is 10.4 Å². The van der Waals surface area contributed by atoms with E-state index >= 15 is 0 Å². The van der Waals surface area contributed by atoms with E-state index in [2.05, 4.69) is 122 Å². The van der Waals surface area contributed by atoms with Crippen molar-refractivity contribution in [3.05, 3.63) is 145 Å². The molecule has 0 fully saturated rings. The lowest BCUT2D eigenvalue weighted by molar-refractivity contribution is 0.426. The van der Waals surface area contributed by atoms with Crippen molar-refractivity contribution in [2.45, 2.75) is 13.3 Å². The van der Waals surface area contributed by atoms with Gasteiger partial charge in [-0.15, -0.1) is 0 Å². The van der Waals surface area contributed by atoms with Crippen LogP contribution in [0.4, 0.5) is 11.4 Å². The van der Waals surface area contributed by atoms with E-state index in [1.807, 2.05) is 24.3 Å². The second-order valence-corrected chi connectivity index (χ2v) is 10.3. The van der Waals surface area contributed by atoms with Crippen molar-refractivity contribution >= 4 is 29.5 Å². The first kappa shape index (κ1) is 26.6. The Morgan fingerprint density at radius 2 is 1.39 bits per heavy atom. The highest BCUT2D eigenvalue weighted by Crippen LogP contribution is 2.51. The van der Waals surface area contributed by atoms with E-state index in [0.717, 1.165) is 51.2 Å². The molecule has 0 amide bonds. The highest BCUT2D eigenvalue weighted by molar-refractivity contribution is 6.61. The van der Waals surface area contributed by atoms with Crippen molar-refractivity contribution in [2.24, 2.45) is 0 Å². The Kier molecular flexibility index (Phi) is 7.43. The van der Waals surface area contributed by atoms with Gasteiger partial charge in [-0.05, 0) is 93.2 Å². The van der Waals surface area contributed by atoms with Crippen LogP contribution in [0, 0.1) is 0 Å². The van der Waals surface area contributed by atoms with Crippen molar-refractivity contribution in [1.82, 2.24) is 0 Å². The molecule has 5 aromatic carbocycles. The third-order valence-electron chi connectivity index (χ3n) is 7.87. The summed E-state index contributed by atoms with van der Waals surface area (Å²) in [5, 5.41) is 20.2. The molecule has 4 heteroatoms. The van der Waals surface area contributed by atoms with Gasteiger partial charge in [-0.3, -0.25) is 0 Å². The molecular weight excluding hydrogens is 501 g/mol. The molecule has 0 heterocycles. The van der Waals surface area contributed by atoms with Crippen LogP contribution in [-0.2, 0) is 6.42 Å². The van der Waals surface area contributed by atoms with Gasteiger partial charge in [-0.1, -0.05) is 109 Å². The predicted molar refractivity (Wildman–Crippen MR) is 174 cm³/mol. The first-order valence-corrected chi connectivity index (χ1v) is 14.0. The summed E-state index contributed by atoms with van der Waals surface area (Å²) >= 11 is 0. The highest BCUT2D eigenvalue weighted by Gasteiger charge is 2.31. The molecule has 0 saturated heterocycles. The molecule has 1 aliphatic carbocycles. The number of fused-ring (bicyclic) bond motifs is 4. The zero-order valence-corrected chi connectivity index (χ0v) is 23.3. The van der Waals surface area contributed by atoms with Crippen molar-refractivity contribution in [2.75, 3.05) is 11.9 Å². The van der Waals surface area contributed by atoms with Gasteiger partial charge < -0.3 is 14.9 Å². The molecule has 5 aromatic rings. The Morgan fingerprint density at radius 3 is 2.10 bits per heavy atom. The first-order valence-electron chi connectivity index (χ1n) is 14.0. The number of rotatable bonds is 8. The molecule has 0 spiro atoms. The third kappa shape index (κ3) is 5.04. The minimum absolute atomic E-state index is 0.546. The summed E-state index contributed by atoms with van der Waals surface area (Å²) in [6.45, 7) is 2.05. The minimum Gasteiger partial charge on any atom is -0.423 e. The lowest BCUT2D eigenvalue weighted by Crippen LogP contribution is -2.33. The molecular formula is C37H32BNO2. The molecule has 0 radical (unpaired) electrons. The van der Waals surface area contributed by atoms with Crippen LogP contribution in [0.25, 0.3) is 39.0 Å². The fourth-order valence-corrected chi connectivity index (χ4v) is 5.86.